The summed E-state index contributed by atoms with van der Waals surface area (Å²) < 4.78 is 16.8. The normalized spacial score (nSPS) is 13.1. The molecule has 0 radical (unpaired) electrons. The average molecular weight is 953 g/mol. The van der Waals surface area contributed by atoms with Crippen molar-refractivity contribution in [1.29, 1.82) is 0 Å². The summed E-state index contributed by atoms with van der Waals surface area (Å²) in [4.78, 5) is 38.1. The smallest absolute Gasteiger partial charge is 0.306 e. The topological polar surface area (TPSA) is 78.9 Å². The Hall–Kier alpha value is -4.45. The lowest BCUT2D eigenvalue weighted by atomic mass is 10.1. The second kappa shape index (κ2) is 56.1. The lowest BCUT2D eigenvalue weighted by Crippen LogP contribution is -2.30. The molecule has 0 N–H and O–H groups in total. The van der Waals surface area contributed by atoms with Crippen LogP contribution in [0.25, 0.3) is 0 Å². The molecule has 1 atom stereocenters. The summed E-state index contributed by atoms with van der Waals surface area (Å²) in [5, 5.41) is 0. The van der Waals surface area contributed by atoms with Gasteiger partial charge in [-0.3, -0.25) is 14.4 Å². The van der Waals surface area contributed by atoms with Gasteiger partial charge in [-0.1, -0.05) is 225 Å². The molecule has 0 saturated heterocycles. The van der Waals surface area contributed by atoms with Crippen molar-refractivity contribution in [2.24, 2.45) is 0 Å². The fourth-order valence-electron chi connectivity index (χ4n) is 7.10. The molecular weight excluding hydrogens is 853 g/mol. The van der Waals surface area contributed by atoms with E-state index >= 15 is 0 Å². The van der Waals surface area contributed by atoms with E-state index in [1.807, 2.05) is 18.2 Å². The number of allylic oxidation sites excluding steroid dienone is 22. The van der Waals surface area contributed by atoms with E-state index in [1.165, 1.54) is 51.4 Å². The summed E-state index contributed by atoms with van der Waals surface area (Å²) >= 11 is 0. The van der Waals surface area contributed by atoms with Crippen molar-refractivity contribution < 1.29 is 28.6 Å². The van der Waals surface area contributed by atoms with Crippen LogP contribution in [0.2, 0.25) is 0 Å². The van der Waals surface area contributed by atoms with Crippen LogP contribution in [-0.4, -0.2) is 37.2 Å². The number of unbranched alkanes of at least 4 members (excludes halogenated alkanes) is 18. The first kappa shape index (κ1) is 64.5. The molecule has 0 fully saturated rings. The predicted molar refractivity (Wildman–Crippen MR) is 297 cm³/mol. The Balaban J connectivity index is 4.53. The number of hydrogen-bond acceptors (Lipinski definition) is 6. The summed E-state index contributed by atoms with van der Waals surface area (Å²) in [5.41, 5.74) is 0. The first-order chi connectivity index (χ1) is 34.0. The first-order valence-electron chi connectivity index (χ1n) is 27.7. The number of ether oxygens (including phenoxy) is 3. The van der Waals surface area contributed by atoms with Crippen molar-refractivity contribution in [3.63, 3.8) is 0 Å². The van der Waals surface area contributed by atoms with Gasteiger partial charge in [-0.2, -0.15) is 0 Å². The van der Waals surface area contributed by atoms with Crippen molar-refractivity contribution in [3.05, 3.63) is 134 Å². The predicted octanol–water partition coefficient (Wildman–Crippen LogP) is 18.6. The van der Waals surface area contributed by atoms with Gasteiger partial charge in [0.15, 0.2) is 6.10 Å². The van der Waals surface area contributed by atoms with Crippen LogP contribution in [0.3, 0.4) is 0 Å². The molecule has 0 aliphatic heterocycles. The molecule has 0 aliphatic rings. The fraction of sp³-hybridized carbons (Fsp3) is 0.603. The van der Waals surface area contributed by atoms with Crippen LogP contribution >= 0.6 is 0 Å². The second-order valence-electron chi connectivity index (χ2n) is 17.8. The van der Waals surface area contributed by atoms with Gasteiger partial charge in [0.2, 0.25) is 0 Å². The Morgan fingerprint density at radius 1 is 0.319 bits per heavy atom. The van der Waals surface area contributed by atoms with E-state index in [1.54, 1.807) is 0 Å². The van der Waals surface area contributed by atoms with Crippen LogP contribution in [0.15, 0.2) is 134 Å². The zero-order chi connectivity index (χ0) is 50.0. The number of esters is 3. The Labute approximate surface area is 424 Å². The van der Waals surface area contributed by atoms with Crippen molar-refractivity contribution in [3.8, 4) is 0 Å². The van der Waals surface area contributed by atoms with E-state index in [9.17, 15) is 14.4 Å². The van der Waals surface area contributed by atoms with Crippen LogP contribution < -0.4 is 0 Å². The first-order valence-corrected chi connectivity index (χ1v) is 27.7. The summed E-state index contributed by atoms with van der Waals surface area (Å²) in [6.45, 7) is 6.30. The maximum Gasteiger partial charge on any atom is 0.306 e. The van der Waals surface area contributed by atoms with Gasteiger partial charge in [0.1, 0.15) is 13.2 Å². The molecule has 388 valence electrons. The highest BCUT2D eigenvalue weighted by Gasteiger charge is 2.19. The molecule has 0 aromatic heterocycles. The lowest BCUT2D eigenvalue weighted by Gasteiger charge is -2.18. The number of hydrogen-bond donors (Lipinski definition) is 0. The molecule has 6 heteroatoms. The summed E-state index contributed by atoms with van der Waals surface area (Å²) in [5.74, 6) is -0.976. The standard InChI is InChI=1S/C63H100O6/c1-4-7-10-13-16-19-22-25-28-30-31-33-35-38-41-44-47-50-53-56-62(65)68-59-60(58-67-61(64)55-52-49-46-43-40-37-34-27-24-21-18-15-12-9-6-3)69-63(66)57-54-51-48-45-42-39-36-32-29-26-23-20-17-14-11-8-5-2/h7,9-10,12,15-21,24-29,31,33-34,38,41,60H,4-6,8,11,13-14,22-23,30,32,35-37,39-40,42-59H2,1-3H3/b10-7-,12-9-,18-15-,19-16-,20-17-,24-21-,28-25-,29-26-,33-31-,34-27-,41-38-. The Morgan fingerprint density at radius 2 is 0.638 bits per heavy atom. The molecule has 0 aromatic carbocycles. The summed E-state index contributed by atoms with van der Waals surface area (Å²) in [7, 11) is 0. The molecule has 1 unspecified atom stereocenters. The highest BCUT2D eigenvalue weighted by molar-refractivity contribution is 5.71. The van der Waals surface area contributed by atoms with E-state index in [0.29, 0.717) is 19.3 Å². The van der Waals surface area contributed by atoms with Gasteiger partial charge in [-0.25, -0.2) is 0 Å². The van der Waals surface area contributed by atoms with Gasteiger partial charge in [0.05, 0.1) is 0 Å². The second-order valence-corrected chi connectivity index (χ2v) is 17.8. The molecule has 0 amide bonds. The van der Waals surface area contributed by atoms with Crippen LogP contribution in [0.5, 0.6) is 0 Å². The maximum atomic E-state index is 12.9. The van der Waals surface area contributed by atoms with Gasteiger partial charge >= 0.3 is 17.9 Å². The van der Waals surface area contributed by atoms with Crippen LogP contribution in [0, 0.1) is 0 Å². The lowest BCUT2D eigenvalue weighted by molar-refractivity contribution is -0.167. The van der Waals surface area contributed by atoms with Crippen molar-refractivity contribution in [2.45, 2.75) is 232 Å². The van der Waals surface area contributed by atoms with E-state index in [2.05, 4.69) is 136 Å². The molecule has 6 nitrogen and oxygen atoms in total. The van der Waals surface area contributed by atoms with Crippen LogP contribution in [0.4, 0.5) is 0 Å². The number of carbonyl (C=O) groups is 3. The van der Waals surface area contributed by atoms with Gasteiger partial charge in [-0.15, -0.1) is 0 Å². The van der Waals surface area contributed by atoms with E-state index in [-0.39, 0.29) is 31.1 Å². The summed E-state index contributed by atoms with van der Waals surface area (Å²) in [6.07, 6.45) is 78.6. The molecule has 0 aliphatic carbocycles. The molecule has 0 heterocycles. The largest absolute Gasteiger partial charge is 0.462 e. The van der Waals surface area contributed by atoms with E-state index in [4.69, 9.17) is 14.2 Å². The minimum Gasteiger partial charge on any atom is -0.462 e. The minimum atomic E-state index is -0.812. The zero-order valence-corrected chi connectivity index (χ0v) is 44.3. The molecule has 0 spiro atoms. The van der Waals surface area contributed by atoms with E-state index < -0.39 is 6.10 Å². The highest BCUT2D eigenvalue weighted by atomic mass is 16.6. The van der Waals surface area contributed by atoms with Crippen molar-refractivity contribution in [2.75, 3.05) is 13.2 Å². The average Bonchev–Trinajstić information content (AvgIpc) is 3.35. The monoisotopic (exact) mass is 953 g/mol. The third-order valence-electron chi connectivity index (χ3n) is 11.2. The molecule has 0 aromatic rings. The number of rotatable bonds is 48. The minimum absolute atomic E-state index is 0.109. The summed E-state index contributed by atoms with van der Waals surface area (Å²) in [6, 6.07) is 0. The zero-order valence-electron chi connectivity index (χ0n) is 44.3. The molecule has 0 saturated carbocycles. The highest BCUT2D eigenvalue weighted by Crippen LogP contribution is 2.13. The van der Waals surface area contributed by atoms with Crippen molar-refractivity contribution >= 4 is 17.9 Å². The Bertz CT molecular complexity index is 1510. The quantitative estimate of drug-likeness (QED) is 0.0199. The van der Waals surface area contributed by atoms with Crippen LogP contribution in [-0.2, 0) is 28.6 Å². The third kappa shape index (κ3) is 54.4. The Kier molecular flexibility index (Phi) is 52.5. The fourth-order valence-corrected chi connectivity index (χ4v) is 7.10. The molecule has 0 rings (SSSR count). The molecule has 69 heavy (non-hydrogen) atoms. The van der Waals surface area contributed by atoms with Gasteiger partial charge in [-0.05, 0) is 116 Å². The SMILES string of the molecule is CC\C=C/C=C\C=C/C=C\CCCCCCCC(=O)OCC(COC(=O)CCCCC/C=C\C/C=C\C/C=C\C/C=C\C/C=C\CC)OC(=O)CCCCCCCCC/C=C\C/C=C\CCCCC. The molecular formula is C63H100O6. The van der Waals surface area contributed by atoms with Crippen LogP contribution in [0.1, 0.15) is 226 Å². The van der Waals surface area contributed by atoms with Crippen molar-refractivity contribution in [1.82, 2.24) is 0 Å². The Morgan fingerprint density at radius 3 is 1.07 bits per heavy atom. The van der Waals surface area contributed by atoms with Gasteiger partial charge in [0, 0.05) is 19.3 Å². The maximum absolute atomic E-state index is 12.9. The third-order valence-corrected chi connectivity index (χ3v) is 11.2. The van der Waals surface area contributed by atoms with E-state index in [0.717, 1.165) is 135 Å². The van der Waals surface area contributed by atoms with Gasteiger partial charge < -0.3 is 14.2 Å². The molecule has 0 bridgehead atoms. The van der Waals surface area contributed by atoms with Gasteiger partial charge in [0.25, 0.3) is 0 Å². The number of carbonyl (C=O) groups excluding carboxylic acids is 3.